The predicted octanol–water partition coefficient (Wildman–Crippen LogP) is 4.52. The van der Waals surface area contributed by atoms with E-state index in [9.17, 15) is 19.2 Å². The topological polar surface area (TPSA) is 117 Å². The summed E-state index contributed by atoms with van der Waals surface area (Å²) in [6.45, 7) is 4.50. The van der Waals surface area contributed by atoms with Crippen molar-refractivity contribution in [3.05, 3.63) is 81.9 Å². The van der Waals surface area contributed by atoms with Crippen molar-refractivity contribution in [2.24, 2.45) is 0 Å². The summed E-state index contributed by atoms with van der Waals surface area (Å²) >= 11 is 0. The van der Waals surface area contributed by atoms with Crippen LogP contribution in [0.25, 0.3) is 0 Å². The smallest absolute Gasteiger partial charge is 0.340 e. The number of hydrogen-bond donors (Lipinski definition) is 1. The van der Waals surface area contributed by atoms with E-state index in [1.165, 1.54) is 18.2 Å². The minimum Gasteiger partial charge on any atom is -0.456 e. The van der Waals surface area contributed by atoms with Crippen LogP contribution in [0, 0.1) is 11.6 Å². The first kappa shape index (κ1) is 25.8. The highest BCUT2D eigenvalue weighted by Gasteiger charge is 2.54. The van der Waals surface area contributed by atoms with Crippen LogP contribution in [0.5, 0.6) is 23.0 Å². The second-order valence-corrected chi connectivity index (χ2v) is 8.93. The van der Waals surface area contributed by atoms with Crippen LogP contribution >= 0.6 is 0 Å². The molecule has 2 heterocycles. The second-order valence-electron chi connectivity index (χ2n) is 8.93. The zero-order valence-corrected chi connectivity index (χ0v) is 21.0. The number of carbonyl (C=O) groups is 4. The van der Waals surface area contributed by atoms with Gasteiger partial charge in [-0.25, -0.2) is 13.6 Å². The Balaban J connectivity index is 1.76. The number of esters is 3. The Morgan fingerprint density at radius 2 is 1.44 bits per heavy atom. The molecule has 3 aromatic rings. The fraction of sp³-hybridized carbons (Fsp3) is 0.214. The van der Waals surface area contributed by atoms with Crippen molar-refractivity contribution in [1.82, 2.24) is 5.32 Å². The molecular formula is C28H21F2NO8. The SMILES string of the molecule is CCCNC(=O)c1ccc2c(c1)C(=O)OC21c2cc(F)c(OC(C)=O)cc2Oc2cc(OC(C)=O)c(F)cc21. The molecule has 0 bridgehead atoms. The van der Waals surface area contributed by atoms with Crippen LogP contribution in [0.1, 0.15) is 64.6 Å². The molecule has 2 aliphatic heterocycles. The molecular weight excluding hydrogens is 516 g/mol. The summed E-state index contributed by atoms with van der Waals surface area (Å²) in [6.07, 6.45) is 0.706. The standard InChI is InChI=1S/C28H21F2NO8/c1-4-7-31-26(34)15-5-6-17-16(8-15)27(35)39-28(17)18-9-20(29)24(36-13(2)32)11-22(18)38-23-12-25(37-14(3)33)21(30)10-19(23)28/h5-6,8-12H,4,7H2,1-3H3,(H,31,34). The van der Waals surface area contributed by atoms with E-state index in [-0.39, 0.29) is 39.3 Å². The molecule has 0 radical (unpaired) electrons. The number of amides is 1. The Labute approximate surface area is 220 Å². The first-order valence-corrected chi connectivity index (χ1v) is 11.9. The monoisotopic (exact) mass is 537 g/mol. The van der Waals surface area contributed by atoms with E-state index in [1.807, 2.05) is 6.92 Å². The molecule has 3 aromatic carbocycles. The van der Waals surface area contributed by atoms with Crippen LogP contribution in [0.2, 0.25) is 0 Å². The third-order valence-corrected chi connectivity index (χ3v) is 6.22. The van der Waals surface area contributed by atoms with E-state index >= 15 is 8.78 Å². The zero-order chi connectivity index (χ0) is 28.1. The molecule has 0 fully saturated rings. The normalized spacial score (nSPS) is 13.9. The lowest BCUT2D eigenvalue weighted by Gasteiger charge is -2.36. The van der Waals surface area contributed by atoms with Gasteiger partial charge in [-0.3, -0.25) is 14.4 Å². The van der Waals surface area contributed by atoms with Crippen molar-refractivity contribution in [2.75, 3.05) is 6.54 Å². The molecule has 1 N–H and O–H groups in total. The van der Waals surface area contributed by atoms with Crippen LogP contribution in [-0.2, 0) is 19.9 Å². The van der Waals surface area contributed by atoms with E-state index in [4.69, 9.17) is 18.9 Å². The van der Waals surface area contributed by atoms with E-state index in [1.54, 1.807) is 0 Å². The highest BCUT2D eigenvalue weighted by atomic mass is 19.1. The van der Waals surface area contributed by atoms with Crippen LogP contribution in [-0.4, -0.2) is 30.4 Å². The minimum atomic E-state index is -1.90. The third-order valence-electron chi connectivity index (χ3n) is 6.22. The Kier molecular flexibility index (Phi) is 6.29. The van der Waals surface area contributed by atoms with Crippen molar-refractivity contribution in [1.29, 1.82) is 0 Å². The minimum absolute atomic E-state index is 0.00638. The molecule has 200 valence electrons. The highest BCUT2D eigenvalue weighted by molar-refractivity contribution is 6.01. The fourth-order valence-corrected chi connectivity index (χ4v) is 4.67. The van der Waals surface area contributed by atoms with Gasteiger partial charge in [0.1, 0.15) is 11.5 Å². The van der Waals surface area contributed by atoms with Gasteiger partial charge >= 0.3 is 17.9 Å². The van der Waals surface area contributed by atoms with Crippen molar-refractivity contribution in [3.63, 3.8) is 0 Å². The Morgan fingerprint density at radius 3 is 1.95 bits per heavy atom. The molecule has 0 saturated heterocycles. The fourth-order valence-electron chi connectivity index (χ4n) is 4.67. The lowest BCUT2D eigenvalue weighted by atomic mass is 9.77. The molecule has 9 nitrogen and oxygen atoms in total. The quantitative estimate of drug-likeness (QED) is 0.373. The van der Waals surface area contributed by atoms with E-state index in [0.717, 1.165) is 38.1 Å². The Morgan fingerprint density at radius 1 is 0.872 bits per heavy atom. The molecule has 0 aromatic heterocycles. The summed E-state index contributed by atoms with van der Waals surface area (Å²) in [7, 11) is 0. The van der Waals surface area contributed by atoms with Crippen LogP contribution in [0.3, 0.4) is 0 Å². The first-order valence-electron chi connectivity index (χ1n) is 11.9. The third kappa shape index (κ3) is 4.25. The van der Waals surface area contributed by atoms with E-state index in [2.05, 4.69) is 5.32 Å². The summed E-state index contributed by atoms with van der Waals surface area (Å²) < 4.78 is 51.9. The molecule has 0 unspecified atom stereocenters. The van der Waals surface area contributed by atoms with Gasteiger partial charge in [-0.05, 0) is 30.7 Å². The van der Waals surface area contributed by atoms with Crippen LogP contribution < -0.4 is 19.5 Å². The average molecular weight is 537 g/mol. The van der Waals surface area contributed by atoms with Crippen molar-refractivity contribution in [2.45, 2.75) is 32.8 Å². The number of rotatable bonds is 5. The van der Waals surface area contributed by atoms with Gasteiger partial charge in [0.25, 0.3) is 5.91 Å². The van der Waals surface area contributed by atoms with Crippen LogP contribution in [0.4, 0.5) is 8.78 Å². The lowest BCUT2D eigenvalue weighted by molar-refractivity contribution is -0.133. The van der Waals surface area contributed by atoms with Gasteiger partial charge in [-0.1, -0.05) is 13.0 Å². The number of nitrogens with one attached hydrogen (secondary N) is 1. The van der Waals surface area contributed by atoms with Gasteiger partial charge in [0.15, 0.2) is 28.7 Å². The number of carbonyl (C=O) groups excluding carboxylic acids is 4. The molecule has 11 heteroatoms. The number of fused-ring (bicyclic) bond motifs is 6. The maximum Gasteiger partial charge on any atom is 0.340 e. The van der Waals surface area contributed by atoms with Gasteiger partial charge in [-0.2, -0.15) is 0 Å². The molecule has 0 saturated carbocycles. The molecule has 39 heavy (non-hydrogen) atoms. The Bertz CT molecular complexity index is 1510. The van der Waals surface area contributed by atoms with Crippen molar-refractivity contribution in [3.8, 4) is 23.0 Å². The second kappa shape index (κ2) is 9.50. The summed E-state index contributed by atoms with van der Waals surface area (Å²) in [5.41, 5.74) is -1.54. The lowest BCUT2D eigenvalue weighted by Crippen LogP contribution is -2.33. The number of hydrogen-bond acceptors (Lipinski definition) is 8. The summed E-state index contributed by atoms with van der Waals surface area (Å²) in [6, 6.07) is 8.43. The van der Waals surface area contributed by atoms with Gasteiger partial charge in [0.2, 0.25) is 0 Å². The molecule has 1 spiro atoms. The molecule has 2 aliphatic rings. The van der Waals surface area contributed by atoms with Gasteiger partial charge in [0.05, 0.1) is 16.7 Å². The largest absolute Gasteiger partial charge is 0.456 e. The van der Waals surface area contributed by atoms with Crippen LogP contribution in [0.15, 0.2) is 42.5 Å². The van der Waals surface area contributed by atoms with Crippen molar-refractivity contribution >= 4 is 23.8 Å². The molecule has 0 atom stereocenters. The number of benzene rings is 3. The van der Waals surface area contributed by atoms with Gasteiger partial charge < -0.3 is 24.3 Å². The predicted molar refractivity (Wildman–Crippen MR) is 130 cm³/mol. The maximum atomic E-state index is 15.1. The summed E-state index contributed by atoms with van der Waals surface area (Å²) in [5.74, 6) is -5.78. The van der Waals surface area contributed by atoms with Gasteiger partial charge in [0, 0.05) is 43.7 Å². The molecule has 5 rings (SSSR count). The molecule has 0 aliphatic carbocycles. The Hall–Kier alpha value is -4.80. The first-order chi connectivity index (χ1) is 18.5. The summed E-state index contributed by atoms with van der Waals surface area (Å²) in [4.78, 5) is 48.8. The highest BCUT2D eigenvalue weighted by Crippen LogP contribution is 2.57. The maximum absolute atomic E-state index is 15.1. The van der Waals surface area contributed by atoms with E-state index < -0.39 is 52.5 Å². The van der Waals surface area contributed by atoms with Gasteiger partial charge in [-0.15, -0.1) is 0 Å². The van der Waals surface area contributed by atoms with E-state index in [0.29, 0.717) is 13.0 Å². The zero-order valence-electron chi connectivity index (χ0n) is 21.0. The molecule has 1 amide bonds. The average Bonchev–Trinajstić information content (AvgIpc) is 3.16. The summed E-state index contributed by atoms with van der Waals surface area (Å²) in [5, 5.41) is 2.72. The number of ether oxygens (including phenoxy) is 4. The van der Waals surface area contributed by atoms with Crippen molar-refractivity contribution < 1.29 is 46.9 Å². The number of halogens is 2.